The molecule has 0 aromatic heterocycles. The largest absolute Gasteiger partial charge is 0.316 e. The second-order valence-corrected chi connectivity index (χ2v) is 8.05. The minimum Gasteiger partial charge on any atom is -0.316 e. The second-order valence-electron chi connectivity index (χ2n) is 7.20. The molecule has 0 unspecified atom stereocenters. The number of benzene rings is 1. The standard InChI is InChI=1S/C18H28BrN/c1-13(2)11-20-12-18(9-15(10-18)14(3)4)16-7-5-6-8-17(16)19/h5-8,13-15,20H,9-12H2,1-4H3. The van der Waals surface area contributed by atoms with Crippen molar-refractivity contribution >= 4 is 15.9 Å². The van der Waals surface area contributed by atoms with Crippen molar-refractivity contribution in [3.05, 3.63) is 34.3 Å². The summed E-state index contributed by atoms with van der Waals surface area (Å²) in [5.41, 5.74) is 1.83. The van der Waals surface area contributed by atoms with Gasteiger partial charge in [-0.2, -0.15) is 0 Å². The Morgan fingerprint density at radius 3 is 2.40 bits per heavy atom. The van der Waals surface area contributed by atoms with Gasteiger partial charge in [-0.1, -0.05) is 61.8 Å². The van der Waals surface area contributed by atoms with Crippen molar-refractivity contribution in [1.82, 2.24) is 5.32 Å². The van der Waals surface area contributed by atoms with Gasteiger partial charge in [0, 0.05) is 16.4 Å². The first kappa shape index (κ1) is 16.0. The van der Waals surface area contributed by atoms with Crippen molar-refractivity contribution in [1.29, 1.82) is 0 Å². The monoisotopic (exact) mass is 337 g/mol. The van der Waals surface area contributed by atoms with Gasteiger partial charge in [0.25, 0.3) is 0 Å². The molecule has 1 N–H and O–H groups in total. The first-order valence-corrected chi connectivity index (χ1v) is 8.69. The van der Waals surface area contributed by atoms with Crippen LogP contribution in [0, 0.1) is 17.8 Å². The summed E-state index contributed by atoms with van der Waals surface area (Å²) in [6.07, 6.45) is 2.64. The van der Waals surface area contributed by atoms with Crippen LogP contribution in [-0.4, -0.2) is 13.1 Å². The highest BCUT2D eigenvalue weighted by Gasteiger charge is 2.46. The van der Waals surface area contributed by atoms with E-state index in [4.69, 9.17) is 0 Å². The maximum atomic E-state index is 3.76. The summed E-state index contributed by atoms with van der Waals surface area (Å²) in [6, 6.07) is 8.77. The van der Waals surface area contributed by atoms with Gasteiger partial charge in [0.1, 0.15) is 0 Å². The highest BCUT2D eigenvalue weighted by atomic mass is 79.9. The lowest BCUT2D eigenvalue weighted by molar-refractivity contribution is 0.0965. The molecular formula is C18H28BrN. The third-order valence-electron chi connectivity index (χ3n) is 4.71. The van der Waals surface area contributed by atoms with E-state index in [1.165, 1.54) is 22.9 Å². The van der Waals surface area contributed by atoms with E-state index in [-0.39, 0.29) is 0 Å². The van der Waals surface area contributed by atoms with Crippen LogP contribution in [0.4, 0.5) is 0 Å². The predicted molar refractivity (Wildman–Crippen MR) is 91.1 cm³/mol. The van der Waals surface area contributed by atoms with E-state index in [1.807, 2.05) is 0 Å². The SMILES string of the molecule is CC(C)CNCC1(c2ccccc2Br)CC(C(C)C)C1. The molecule has 2 heteroatoms. The first-order valence-electron chi connectivity index (χ1n) is 7.90. The fourth-order valence-electron chi connectivity index (χ4n) is 3.37. The molecule has 0 bridgehead atoms. The minimum absolute atomic E-state index is 0.337. The van der Waals surface area contributed by atoms with Crippen LogP contribution < -0.4 is 5.32 Å². The topological polar surface area (TPSA) is 12.0 Å². The quantitative estimate of drug-likeness (QED) is 0.770. The van der Waals surface area contributed by atoms with Gasteiger partial charge in [0.05, 0.1) is 0 Å². The number of hydrogen-bond donors (Lipinski definition) is 1. The summed E-state index contributed by atoms with van der Waals surface area (Å²) >= 11 is 3.76. The normalized spacial score (nSPS) is 26.1. The summed E-state index contributed by atoms with van der Waals surface area (Å²) in [6.45, 7) is 11.5. The number of rotatable bonds is 6. The van der Waals surface area contributed by atoms with E-state index in [0.29, 0.717) is 11.3 Å². The Hall–Kier alpha value is -0.340. The summed E-state index contributed by atoms with van der Waals surface area (Å²) in [5, 5.41) is 3.69. The smallest absolute Gasteiger partial charge is 0.0213 e. The zero-order valence-electron chi connectivity index (χ0n) is 13.2. The number of halogens is 1. The number of nitrogens with one attached hydrogen (secondary N) is 1. The molecule has 1 fully saturated rings. The molecule has 1 aliphatic rings. The lowest BCUT2D eigenvalue weighted by Gasteiger charge is -2.51. The minimum atomic E-state index is 0.337. The first-order chi connectivity index (χ1) is 9.44. The molecule has 0 aliphatic heterocycles. The van der Waals surface area contributed by atoms with Crippen molar-refractivity contribution in [3.8, 4) is 0 Å². The van der Waals surface area contributed by atoms with Gasteiger partial charge < -0.3 is 5.32 Å². The van der Waals surface area contributed by atoms with Crippen LogP contribution in [0.1, 0.15) is 46.1 Å². The maximum absolute atomic E-state index is 3.76. The highest BCUT2D eigenvalue weighted by molar-refractivity contribution is 9.10. The molecule has 112 valence electrons. The van der Waals surface area contributed by atoms with E-state index < -0.39 is 0 Å². The van der Waals surface area contributed by atoms with E-state index in [9.17, 15) is 0 Å². The van der Waals surface area contributed by atoms with Crippen molar-refractivity contribution in [2.75, 3.05) is 13.1 Å². The summed E-state index contributed by atoms with van der Waals surface area (Å²) in [5.74, 6) is 2.39. The second kappa shape index (κ2) is 6.62. The molecule has 20 heavy (non-hydrogen) atoms. The fourth-order valence-corrected chi connectivity index (χ4v) is 4.07. The van der Waals surface area contributed by atoms with Crippen LogP contribution in [0.15, 0.2) is 28.7 Å². The Balaban J connectivity index is 2.12. The Labute approximate surface area is 132 Å². The van der Waals surface area contributed by atoms with Crippen LogP contribution in [0.3, 0.4) is 0 Å². The Bertz CT molecular complexity index is 433. The average molecular weight is 338 g/mol. The zero-order valence-corrected chi connectivity index (χ0v) is 14.8. The van der Waals surface area contributed by atoms with Gasteiger partial charge in [-0.15, -0.1) is 0 Å². The van der Waals surface area contributed by atoms with Gasteiger partial charge >= 0.3 is 0 Å². The van der Waals surface area contributed by atoms with E-state index >= 15 is 0 Å². The van der Waals surface area contributed by atoms with Crippen LogP contribution >= 0.6 is 15.9 Å². The van der Waals surface area contributed by atoms with Crippen LogP contribution in [0.5, 0.6) is 0 Å². The Kier molecular flexibility index (Phi) is 5.30. The summed E-state index contributed by atoms with van der Waals surface area (Å²) in [4.78, 5) is 0. The fraction of sp³-hybridized carbons (Fsp3) is 0.667. The maximum Gasteiger partial charge on any atom is 0.0213 e. The van der Waals surface area contributed by atoms with Crippen LogP contribution in [0.25, 0.3) is 0 Å². The van der Waals surface area contributed by atoms with E-state index in [2.05, 4.69) is 73.2 Å². The molecule has 0 spiro atoms. The lowest BCUT2D eigenvalue weighted by Crippen LogP contribution is -2.50. The molecule has 1 aromatic carbocycles. The van der Waals surface area contributed by atoms with Crippen molar-refractivity contribution < 1.29 is 0 Å². The van der Waals surface area contributed by atoms with Crippen LogP contribution in [-0.2, 0) is 5.41 Å². The van der Waals surface area contributed by atoms with Gasteiger partial charge in [-0.3, -0.25) is 0 Å². The van der Waals surface area contributed by atoms with Crippen molar-refractivity contribution in [2.24, 2.45) is 17.8 Å². The van der Waals surface area contributed by atoms with E-state index in [1.54, 1.807) is 0 Å². The third-order valence-corrected chi connectivity index (χ3v) is 5.40. The van der Waals surface area contributed by atoms with Gasteiger partial charge in [0.2, 0.25) is 0 Å². The molecule has 0 amide bonds. The average Bonchev–Trinajstić information content (AvgIpc) is 2.32. The van der Waals surface area contributed by atoms with Crippen LogP contribution in [0.2, 0.25) is 0 Å². The lowest BCUT2D eigenvalue weighted by atomic mass is 9.56. The molecule has 0 saturated heterocycles. The van der Waals surface area contributed by atoms with Gasteiger partial charge in [0.15, 0.2) is 0 Å². The summed E-state index contributed by atoms with van der Waals surface area (Å²) in [7, 11) is 0. The van der Waals surface area contributed by atoms with Gasteiger partial charge in [-0.25, -0.2) is 0 Å². The highest BCUT2D eigenvalue weighted by Crippen LogP contribution is 2.51. The molecule has 0 radical (unpaired) electrons. The number of hydrogen-bond acceptors (Lipinski definition) is 1. The third kappa shape index (κ3) is 3.46. The molecule has 1 aliphatic carbocycles. The Morgan fingerprint density at radius 1 is 1.20 bits per heavy atom. The van der Waals surface area contributed by atoms with Crippen molar-refractivity contribution in [2.45, 2.75) is 46.0 Å². The Morgan fingerprint density at radius 2 is 1.85 bits per heavy atom. The molecule has 2 rings (SSSR count). The van der Waals surface area contributed by atoms with Crippen molar-refractivity contribution in [3.63, 3.8) is 0 Å². The van der Waals surface area contributed by atoms with Gasteiger partial charge in [-0.05, 0) is 48.8 Å². The summed E-state index contributed by atoms with van der Waals surface area (Å²) < 4.78 is 1.27. The molecule has 1 saturated carbocycles. The molecule has 1 aromatic rings. The molecular weight excluding hydrogens is 310 g/mol. The molecule has 1 nitrogen and oxygen atoms in total. The molecule has 0 heterocycles. The zero-order chi connectivity index (χ0) is 14.8. The van der Waals surface area contributed by atoms with E-state index in [0.717, 1.165) is 24.9 Å². The predicted octanol–water partition coefficient (Wildman–Crippen LogP) is 5.00. The molecule has 0 atom stereocenters.